The number of carbonyl (C=O) groups excluding carboxylic acids is 1. The Morgan fingerprint density at radius 1 is 1.24 bits per heavy atom. The number of methoxy groups -OCH3 is 1. The Morgan fingerprint density at radius 3 is 2.71 bits per heavy atom. The Morgan fingerprint density at radius 2 is 2.02 bits per heavy atom. The van der Waals surface area contributed by atoms with Gasteiger partial charge in [0.2, 0.25) is 0 Å². The van der Waals surface area contributed by atoms with Gasteiger partial charge in [-0.1, -0.05) is 5.92 Å². The van der Waals surface area contributed by atoms with E-state index in [4.69, 9.17) is 4.74 Å². The molecular formula is C29H34F4N6O2. The number of hydrogen-bond acceptors (Lipinski definition) is 6. The lowest BCUT2D eigenvalue weighted by Gasteiger charge is -2.33. The van der Waals surface area contributed by atoms with Gasteiger partial charge in [-0.2, -0.15) is 13.2 Å². The van der Waals surface area contributed by atoms with Crippen molar-refractivity contribution in [1.29, 1.82) is 0 Å². The van der Waals surface area contributed by atoms with Gasteiger partial charge in [0.25, 0.3) is 5.91 Å². The number of rotatable bonds is 8. The minimum Gasteiger partial charge on any atom is -0.495 e. The van der Waals surface area contributed by atoms with Crippen molar-refractivity contribution in [3.05, 3.63) is 53.5 Å². The summed E-state index contributed by atoms with van der Waals surface area (Å²) in [4.78, 5) is 18.6. The average molecular weight is 575 g/mol. The first-order valence-corrected chi connectivity index (χ1v) is 13.3. The molecule has 2 aromatic heterocycles. The predicted molar refractivity (Wildman–Crippen MR) is 150 cm³/mol. The maximum atomic E-state index is 14.7. The SMILES string of the molecule is COc1cc(C(=O)NC(C)C)ccc1NCC#Cc1nc2c(N[C@@H]3CCN(C)C[C@@H]3F)cccn2c1CC(F)(F)F. The van der Waals surface area contributed by atoms with Crippen LogP contribution in [0.4, 0.5) is 28.9 Å². The van der Waals surface area contributed by atoms with Crippen molar-refractivity contribution in [2.75, 3.05) is 44.4 Å². The van der Waals surface area contributed by atoms with Gasteiger partial charge in [-0.15, -0.1) is 0 Å². The van der Waals surface area contributed by atoms with Crippen molar-refractivity contribution >= 4 is 22.9 Å². The van der Waals surface area contributed by atoms with Gasteiger partial charge in [0.15, 0.2) is 5.65 Å². The van der Waals surface area contributed by atoms with Gasteiger partial charge in [-0.3, -0.25) is 4.79 Å². The zero-order valence-electron chi connectivity index (χ0n) is 23.4. The smallest absolute Gasteiger partial charge is 0.394 e. The maximum Gasteiger partial charge on any atom is 0.394 e. The molecule has 1 saturated heterocycles. The van der Waals surface area contributed by atoms with Crippen LogP contribution in [-0.4, -0.2) is 78.4 Å². The Kier molecular flexibility index (Phi) is 9.28. The van der Waals surface area contributed by atoms with Crippen LogP contribution in [-0.2, 0) is 6.42 Å². The van der Waals surface area contributed by atoms with E-state index in [0.29, 0.717) is 35.7 Å². The number of amides is 1. The van der Waals surface area contributed by atoms with Crippen molar-refractivity contribution in [3.8, 4) is 17.6 Å². The lowest BCUT2D eigenvalue weighted by molar-refractivity contribution is -0.128. The number of nitrogens with zero attached hydrogens (tertiary/aromatic N) is 3. The minimum absolute atomic E-state index is 0.00813. The summed E-state index contributed by atoms with van der Waals surface area (Å²) in [6.45, 7) is 4.78. The second-order valence-electron chi connectivity index (χ2n) is 10.3. The van der Waals surface area contributed by atoms with E-state index in [1.54, 1.807) is 30.3 Å². The number of likely N-dealkylation sites (tertiary alicyclic amines) is 1. The van der Waals surface area contributed by atoms with E-state index in [9.17, 15) is 22.4 Å². The molecule has 41 heavy (non-hydrogen) atoms. The Labute approximate surface area is 236 Å². The molecule has 220 valence electrons. The number of imidazole rings is 1. The standard InChI is InChI=1S/C29H34F4N6O2/c1-18(2)35-28(40)19-9-10-23(26(15-19)41-4)34-12-5-7-22-25(16-29(31,32)33)39-13-6-8-24(27(39)37-22)36-21-11-14-38(3)17-20(21)30/h6,8-10,13,15,18,20-21,34,36H,11-12,14,16-17H2,1-4H3,(H,35,40)/t20-,21+/m0/s1. The largest absolute Gasteiger partial charge is 0.495 e. The highest BCUT2D eigenvalue weighted by molar-refractivity contribution is 5.95. The quantitative estimate of drug-likeness (QED) is 0.272. The summed E-state index contributed by atoms with van der Waals surface area (Å²) in [5, 5.41) is 9.04. The van der Waals surface area contributed by atoms with E-state index in [0.717, 1.165) is 0 Å². The minimum atomic E-state index is -4.48. The number of hydrogen-bond donors (Lipinski definition) is 3. The third kappa shape index (κ3) is 7.61. The number of piperidine rings is 1. The number of halogens is 4. The lowest BCUT2D eigenvalue weighted by Crippen LogP contribution is -2.46. The average Bonchev–Trinajstić information content (AvgIpc) is 3.24. The molecule has 12 heteroatoms. The lowest BCUT2D eigenvalue weighted by atomic mass is 10.0. The molecule has 1 aliphatic rings. The Hall–Kier alpha value is -3.98. The van der Waals surface area contributed by atoms with Crippen molar-refractivity contribution < 1.29 is 27.1 Å². The summed E-state index contributed by atoms with van der Waals surface area (Å²) < 4.78 is 62.0. The van der Waals surface area contributed by atoms with E-state index in [1.807, 2.05) is 25.8 Å². The highest BCUT2D eigenvalue weighted by Gasteiger charge is 2.32. The third-order valence-corrected chi connectivity index (χ3v) is 6.66. The highest BCUT2D eigenvalue weighted by Crippen LogP contribution is 2.29. The molecule has 1 aromatic carbocycles. The molecule has 3 aromatic rings. The van der Waals surface area contributed by atoms with Crippen molar-refractivity contribution in [1.82, 2.24) is 19.6 Å². The number of carbonyl (C=O) groups is 1. The van der Waals surface area contributed by atoms with Crippen molar-refractivity contribution in [3.63, 3.8) is 0 Å². The number of anilines is 2. The van der Waals surface area contributed by atoms with Crippen LogP contribution >= 0.6 is 0 Å². The summed E-state index contributed by atoms with van der Waals surface area (Å²) in [5.41, 5.74) is 1.60. The normalized spacial score (nSPS) is 17.7. The van der Waals surface area contributed by atoms with E-state index in [1.165, 1.54) is 17.7 Å². The van der Waals surface area contributed by atoms with E-state index < -0.39 is 24.8 Å². The molecule has 0 bridgehead atoms. The Bertz CT molecular complexity index is 1440. The molecule has 3 N–H and O–H groups in total. The van der Waals surface area contributed by atoms with Gasteiger partial charge in [-0.05, 0) is 63.6 Å². The highest BCUT2D eigenvalue weighted by atomic mass is 19.4. The van der Waals surface area contributed by atoms with Crippen LogP contribution in [0, 0.1) is 11.8 Å². The fraction of sp³-hybridized carbons (Fsp3) is 0.448. The third-order valence-electron chi connectivity index (χ3n) is 6.66. The van der Waals surface area contributed by atoms with Gasteiger partial charge in [0.1, 0.15) is 17.6 Å². The molecule has 0 radical (unpaired) electrons. The number of pyridine rings is 1. The predicted octanol–water partition coefficient (Wildman–Crippen LogP) is 4.50. The summed E-state index contributed by atoms with van der Waals surface area (Å²) in [7, 11) is 3.32. The van der Waals surface area contributed by atoms with Gasteiger partial charge in [-0.25, -0.2) is 9.37 Å². The first-order valence-electron chi connectivity index (χ1n) is 13.3. The maximum absolute atomic E-state index is 14.7. The molecule has 1 fully saturated rings. The van der Waals surface area contributed by atoms with Gasteiger partial charge in [0.05, 0.1) is 43.2 Å². The first kappa shape index (κ1) is 30.0. The van der Waals surface area contributed by atoms with Gasteiger partial charge in [0, 0.05) is 30.9 Å². The molecule has 0 spiro atoms. The van der Waals surface area contributed by atoms with Crippen LogP contribution in [0.25, 0.3) is 5.65 Å². The molecule has 0 aliphatic carbocycles. The van der Waals surface area contributed by atoms with Crippen LogP contribution < -0.4 is 20.7 Å². The zero-order chi connectivity index (χ0) is 29.7. The second-order valence-corrected chi connectivity index (χ2v) is 10.3. The monoisotopic (exact) mass is 574 g/mol. The molecular weight excluding hydrogens is 540 g/mol. The summed E-state index contributed by atoms with van der Waals surface area (Å²) in [6, 6.07) is 7.70. The number of fused-ring (bicyclic) bond motifs is 1. The van der Waals surface area contributed by atoms with Crippen LogP contribution in [0.3, 0.4) is 0 Å². The molecule has 0 saturated carbocycles. The number of ether oxygens (including phenoxy) is 1. The van der Waals surface area contributed by atoms with Gasteiger partial charge >= 0.3 is 6.18 Å². The number of aromatic nitrogens is 2. The van der Waals surface area contributed by atoms with Crippen LogP contribution in [0.15, 0.2) is 36.5 Å². The number of nitrogens with one attached hydrogen (secondary N) is 3. The summed E-state index contributed by atoms with van der Waals surface area (Å²) >= 11 is 0. The van der Waals surface area contributed by atoms with E-state index in [-0.39, 0.29) is 42.1 Å². The molecule has 1 aliphatic heterocycles. The molecule has 3 heterocycles. The van der Waals surface area contributed by atoms with E-state index >= 15 is 0 Å². The fourth-order valence-corrected chi connectivity index (χ4v) is 4.70. The molecule has 1 amide bonds. The van der Waals surface area contributed by atoms with E-state index in [2.05, 4.69) is 32.8 Å². The van der Waals surface area contributed by atoms with Crippen molar-refractivity contribution in [2.45, 2.75) is 51.1 Å². The number of benzene rings is 1. The summed E-state index contributed by atoms with van der Waals surface area (Å²) in [6.07, 6.45) is -4.77. The van der Waals surface area contributed by atoms with Crippen LogP contribution in [0.2, 0.25) is 0 Å². The summed E-state index contributed by atoms with van der Waals surface area (Å²) in [5.74, 6) is 5.80. The molecule has 0 unspecified atom stereocenters. The molecule has 2 atom stereocenters. The van der Waals surface area contributed by atoms with Crippen LogP contribution in [0.1, 0.15) is 42.0 Å². The topological polar surface area (TPSA) is 82.9 Å². The molecule has 4 rings (SSSR count). The molecule has 8 nitrogen and oxygen atoms in total. The number of alkyl halides is 4. The second kappa shape index (κ2) is 12.7. The Balaban J connectivity index is 1.57. The van der Waals surface area contributed by atoms with Crippen LogP contribution in [0.5, 0.6) is 5.75 Å². The first-order chi connectivity index (χ1) is 19.4. The zero-order valence-corrected chi connectivity index (χ0v) is 23.4. The van der Waals surface area contributed by atoms with Crippen molar-refractivity contribution in [2.24, 2.45) is 0 Å². The fourth-order valence-electron chi connectivity index (χ4n) is 4.70. The van der Waals surface area contributed by atoms with Gasteiger partial charge < -0.3 is 30.0 Å².